The summed E-state index contributed by atoms with van der Waals surface area (Å²) in [5, 5.41) is 10.3. The number of rotatable bonds is 5. The highest BCUT2D eigenvalue weighted by Gasteiger charge is 2.14. The zero-order valence-electron chi connectivity index (χ0n) is 9.26. The van der Waals surface area contributed by atoms with Gasteiger partial charge in [-0.05, 0) is 18.6 Å². The van der Waals surface area contributed by atoms with Crippen molar-refractivity contribution < 1.29 is 13.5 Å². The van der Waals surface area contributed by atoms with Crippen LogP contribution >= 0.6 is 0 Å². The number of nitrogens with two attached hydrogens (primary N) is 1. The fraction of sp³-hybridized carbons (Fsp3) is 0.400. The minimum atomic E-state index is -1.26. The lowest BCUT2D eigenvalue weighted by Gasteiger charge is -2.08. The highest BCUT2D eigenvalue weighted by atomic mass is 32.2. The Labute approximate surface area is 100 Å². The molecule has 0 amide bonds. The molecule has 1 aromatic rings. The summed E-state index contributed by atoms with van der Waals surface area (Å²) in [6, 6.07) is 3.21. The third kappa shape index (κ3) is 3.86. The molecular weight excluding hydrogens is 247 g/mol. The minimum absolute atomic E-state index is 0.0664. The average Bonchev–Trinajstić information content (AvgIpc) is 2.26. The van der Waals surface area contributed by atoms with Gasteiger partial charge >= 0.3 is 0 Å². The Bertz CT molecular complexity index is 453. The van der Waals surface area contributed by atoms with E-state index >= 15 is 0 Å². The van der Waals surface area contributed by atoms with Gasteiger partial charge in [0.25, 0.3) is 5.69 Å². The molecule has 0 fully saturated rings. The minimum Gasteiger partial charge on any atom is -0.329 e. The van der Waals surface area contributed by atoms with Crippen LogP contribution in [0.15, 0.2) is 18.2 Å². The van der Waals surface area contributed by atoms with Crippen molar-refractivity contribution in [3.63, 3.8) is 0 Å². The van der Waals surface area contributed by atoms with E-state index in [1.165, 1.54) is 6.07 Å². The Hall–Kier alpha value is -1.34. The van der Waals surface area contributed by atoms with Crippen LogP contribution in [0.25, 0.3) is 0 Å². The lowest BCUT2D eigenvalue weighted by Crippen LogP contribution is -2.22. The van der Waals surface area contributed by atoms with Crippen LogP contribution in [0, 0.1) is 15.9 Å². The summed E-state index contributed by atoms with van der Waals surface area (Å²) in [5.41, 5.74) is 5.37. The van der Waals surface area contributed by atoms with Crippen LogP contribution in [0.4, 0.5) is 10.1 Å². The van der Waals surface area contributed by atoms with Crippen molar-refractivity contribution >= 4 is 16.5 Å². The zero-order valence-corrected chi connectivity index (χ0v) is 10.1. The van der Waals surface area contributed by atoms with Crippen LogP contribution in [-0.2, 0) is 16.6 Å². The summed E-state index contributed by atoms with van der Waals surface area (Å²) in [5.74, 6) is -0.636. The maximum atomic E-state index is 13.1. The van der Waals surface area contributed by atoms with E-state index < -0.39 is 21.5 Å². The van der Waals surface area contributed by atoms with E-state index in [0.717, 1.165) is 12.1 Å². The summed E-state index contributed by atoms with van der Waals surface area (Å²) < 4.78 is 24.8. The van der Waals surface area contributed by atoms with E-state index in [1.54, 1.807) is 6.92 Å². The number of nitro groups is 1. The summed E-state index contributed by atoms with van der Waals surface area (Å²) in [7, 11) is -1.26. The monoisotopic (exact) mass is 260 g/mol. The largest absolute Gasteiger partial charge is 0.329 e. The molecule has 17 heavy (non-hydrogen) atoms. The Morgan fingerprint density at radius 1 is 1.53 bits per heavy atom. The average molecular weight is 260 g/mol. The van der Waals surface area contributed by atoms with E-state index in [2.05, 4.69) is 0 Å². The van der Waals surface area contributed by atoms with Crippen LogP contribution < -0.4 is 5.73 Å². The van der Waals surface area contributed by atoms with Gasteiger partial charge in [0.15, 0.2) is 0 Å². The van der Waals surface area contributed by atoms with Crippen molar-refractivity contribution in [1.82, 2.24) is 0 Å². The maximum absolute atomic E-state index is 13.1. The second kappa shape index (κ2) is 5.83. The van der Waals surface area contributed by atoms with E-state index in [9.17, 15) is 18.7 Å². The van der Waals surface area contributed by atoms with E-state index in [0.29, 0.717) is 5.56 Å². The summed E-state index contributed by atoms with van der Waals surface area (Å²) >= 11 is 0. The molecule has 2 atom stereocenters. The number of non-ortho nitro benzene ring substituents is 1. The van der Waals surface area contributed by atoms with Crippen LogP contribution in [0.3, 0.4) is 0 Å². The molecule has 0 spiro atoms. The molecule has 94 valence electrons. The molecule has 0 bridgehead atoms. The van der Waals surface area contributed by atoms with Crippen molar-refractivity contribution in [3.05, 3.63) is 39.7 Å². The first-order valence-electron chi connectivity index (χ1n) is 4.95. The number of nitro benzene ring substituents is 1. The topological polar surface area (TPSA) is 86.2 Å². The molecule has 0 aliphatic heterocycles. The quantitative estimate of drug-likeness (QED) is 0.639. The number of benzene rings is 1. The smallest absolute Gasteiger partial charge is 0.272 e. The van der Waals surface area contributed by atoms with Gasteiger partial charge in [0.05, 0.1) is 11.0 Å². The summed E-state index contributed by atoms with van der Waals surface area (Å²) in [4.78, 5) is 9.85. The van der Waals surface area contributed by atoms with Crippen LogP contribution in [0.5, 0.6) is 0 Å². The van der Waals surface area contributed by atoms with Crippen LogP contribution in [0.1, 0.15) is 12.5 Å². The Morgan fingerprint density at radius 3 is 2.71 bits per heavy atom. The van der Waals surface area contributed by atoms with E-state index in [4.69, 9.17) is 5.73 Å². The standard InChI is InChI=1S/C10H13FN2O3S/c1-7(5-12)17(16)6-8-2-9(11)4-10(3-8)13(14)15/h2-4,7H,5-6,12H2,1H3. The van der Waals surface area contributed by atoms with Gasteiger partial charge in [-0.25, -0.2) is 4.39 Å². The highest BCUT2D eigenvalue weighted by molar-refractivity contribution is 7.84. The van der Waals surface area contributed by atoms with Gasteiger partial charge in [-0.1, -0.05) is 0 Å². The molecule has 0 aliphatic carbocycles. The molecule has 7 heteroatoms. The lowest BCUT2D eigenvalue weighted by atomic mass is 10.2. The van der Waals surface area contributed by atoms with E-state index in [-0.39, 0.29) is 23.2 Å². The van der Waals surface area contributed by atoms with Gasteiger partial charge in [0.1, 0.15) is 5.82 Å². The molecule has 0 radical (unpaired) electrons. The summed E-state index contributed by atoms with van der Waals surface area (Å²) in [6.45, 7) is 1.97. The number of nitrogens with zero attached hydrogens (tertiary/aromatic N) is 1. The molecule has 5 nitrogen and oxygen atoms in total. The third-order valence-electron chi connectivity index (χ3n) is 2.24. The van der Waals surface area contributed by atoms with Gasteiger partial charge in [-0.3, -0.25) is 14.3 Å². The Morgan fingerprint density at radius 2 is 2.18 bits per heavy atom. The first kappa shape index (κ1) is 13.7. The fourth-order valence-electron chi connectivity index (χ4n) is 1.24. The van der Waals surface area contributed by atoms with E-state index in [1.807, 2.05) is 0 Å². The molecule has 2 N–H and O–H groups in total. The van der Waals surface area contributed by atoms with Gasteiger partial charge in [-0.15, -0.1) is 0 Å². The first-order valence-corrected chi connectivity index (χ1v) is 6.33. The SMILES string of the molecule is CC(CN)S(=O)Cc1cc(F)cc([N+](=O)[O-])c1. The molecule has 0 saturated carbocycles. The van der Waals surface area contributed by atoms with Gasteiger partial charge in [0, 0.05) is 34.4 Å². The molecule has 2 unspecified atom stereocenters. The number of halogens is 1. The molecular formula is C10H13FN2O3S. The molecule has 0 heterocycles. The molecule has 1 rings (SSSR count). The van der Waals surface area contributed by atoms with Crippen LogP contribution in [-0.4, -0.2) is 20.9 Å². The predicted octanol–water partition coefficient (Wildman–Crippen LogP) is 1.33. The Balaban J connectivity index is 2.92. The fourth-order valence-corrected chi connectivity index (χ4v) is 2.23. The maximum Gasteiger partial charge on any atom is 0.272 e. The van der Waals surface area contributed by atoms with Crippen LogP contribution in [0.2, 0.25) is 0 Å². The lowest BCUT2D eigenvalue weighted by molar-refractivity contribution is -0.385. The van der Waals surface area contributed by atoms with Crippen molar-refractivity contribution in [2.45, 2.75) is 17.9 Å². The normalized spacial score (nSPS) is 14.3. The summed E-state index contributed by atoms with van der Waals surface area (Å²) in [6.07, 6.45) is 0. The van der Waals surface area contributed by atoms with Crippen molar-refractivity contribution in [3.8, 4) is 0 Å². The molecule has 0 aliphatic rings. The zero-order chi connectivity index (χ0) is 13.0. The van der Waals surface area contributed by atoms with Crippen molar-refractivity contribution in [2.75, 3.05) is 6.54 Å². The third-order valence-corrected chi connectivity index (χ3v) is 3.95. The van der Waals surface area contributed by atoms with Gasteiger partial charge in [0.2, 0.25) is 0 Å². The van der Waals surface area contributed by atoms with Gasteiger partial charge < -0.3 is 5.73 Å². The van der Waals surface area contributed by atoms with Gasteiger partial charge in [-0.2, -0.15) is 0 Å². The Kier molecular flexibility index (Phi) is 4.71. The first-order chi connectivity index (χ1) is 7.93. The second-order valence-electron chi connectivity index (χ2n) is 3.65. The van der Waals surface area contributed by atoms with Crippen molar-refractivity contribution in [2.24, 2.45) is 5.73 Å². The number of hydrogen-bond acceptors (Lipinski definition) is 4. The predicted molar refractivity (Wildman–Crippen MR) is 63.4 cm³/mol. The molecule has 0 aromatic heterocycles. The second-order valence-corrected chi connectivity index (χ2v) is 5.50. The number of hydrogen-bond donors (Lipinski definition) is 1. The molecule has 1 aromatic carbocycles. The highest BCUT2D eigenvalue weighted by Crippen LogP contribution is 2.18. The molecule has 0 saturated heterocycles. The van der Waals surface area contributed by atoms with Crippen molar-refractivity contribution in [1.29, 1.82) is 0 Å².